The summed E-state index contributed by atoms with van der Waals surface area (Å²) in [7, 11) is 0. The van der Waals surface area contributed by atoms with Gasteiger partial charge < -0.3 is 9.84 Å². The molecule has 4 nitrogen and oxygen atoms in total. The first kappa shape index (κ1) is 12.1. The minimum absolute atomic E-state index is 0.0572. The van der Waals surface area contributed by atoms with E-state index in [-0.39, 0.29) is 12.5 Å². The number of carboxylic acid groups (broad SMARTS) is 1. The van der Waals surface area contributed by atoms with Crippen LogP contribution in [-0.4, -0.2) is 28.8 Å². The Morgan fingerprint density at radius 1 is 1.73 bits per heavy atom. The van der Waals surface area contributed by atoms with Crippen molar-refractivity contribution in [2.45, 2.75) is 32.8 Å². The predicted octanol–water partition coefficient (Wildman–Crippen LogP) is 1.87. The molecule has 5 heteroatoms. The van der Waals surface area contributed by atoms with Gasteiger partial charge in [-0.1, -0.05) is 0 Å². The van der Waals surface area contributed by atoms with E-state index in [0.717, 1.165) is 12.1 Å². The fourth-order valence-corrected chi connectivity index (χ4v) is 1.99. The lowest BCUT2D eigenvalue weighted by Gasteiger charge is -2.09. The molecule has 0 aliphatic rings. The Bertz CT molecular complexity index is 324. The van der Waals surface area contributed by atoms with Crippen LogP contribution in [0.15, 0.2) is 5.51 Å². The van der Waals surface area contributed by atoms with Crippen LogP contribution in [0.5, 0.6) is 0 Å². The monoisotopic (exact) mass is 229 g/mol. The fourth-order valence-electron chi connectivity index (χ4n) is 1.22. The molecule has 0 bridgehead atoms. The SMILES string of the molecule is Cc1ncsc1CCOC(C)CC(=O)O. The summed E-state index contributed by atoms with van der Waals surface area (Å²) in [6.45, 7) is 4.29. The van der Waals surface area contributed by atoms with Crippen molar-refractivity contribution in [3.05, 3.63) is 16.1 Å². The predicted molar refractivity (Wildman–Crippen MR) is 58.2 cm³/mol. The van der Waals surface area contributed by atoms with Gasteiger partial charge in [-0.15, -0.1) is 11.3 Å². The highest BCUT2D eigenvalue weighted by Gasteiger charge is 2.08. The maximum absolute atomic E-state index is 10.4. The topological polar surface area (TPSA) is 59.4 Å². The van der Waals surface area contributed by atoms with Crippen molar-refractivity contribution >= 4 is 17.3 Å². The number of carbonyl (C=O) groups is 1. The molecule has 0 spiro atoms. The van der Waals surface area contributed by atoms with E-state index < -0.39 is 5.97 Å². The Balaban J connectivity index is 2.22. The number of carboxylic acids is 1. The molecule has 0 fully saturated rings. The Kier molecular flexibility index (Phi) is 4.71. The van der Waals surface area contributed by atoms with Crippen LogP contribution in [0.3, 0.4) is 0 Å². The summed E-state index contributed by atoms with van der Waals surface area (Å²) in [6, 6.07) is 0. The maximum atomic E-state index is 10.4. The second-order valence-electron chi connectivity index (χ2n) is 3.39. The molecule has 1 heterocycles. The van der Waals surface area contributed by atoms with E-state index >= 15 is 0 Å². The summed E-state index contributed by atoms with van der Waals surface area (Å²) in [5, 5.41) is 8.52. The summed E-state index contributed by atoms with van der Waals surface area (Å²) in [5.41, 5.74) is 2.85. The van der Waals surface area contributed by atoms with Gasteiger partial charge in [0.1, 0.15) is 0 Å². The molecule has 1 unspecified atom stereocenters. The highest BCUT2D eigenvalue weighted by molar-refractivity contribution is 7.09. The van der Waals surface area contributed by atoms with Crippen LogP contribution in [0.25, 0.3) is 0 Å². The quantitative estimate of drug-likeness (QED) is 0.809. The second kappa shape index (κ2) is 5.82. The molecule has 1 rings (SSSR count). The Morgan fingerprint density at radius 2 is 2.47 bits per heavy atom. The zero-order valence-corrected chi connectivity index (χ0v) is 9.71. The number of thiazole rings is 1. The van der Waals surface area contributed by atoms with Crippen LogP contribution >= 0.6 is 11.3 Å². The van der Waals surface area contributed by atoms with Gasteiger partial charge in [-0.3, -0.25) is 4.79 Å². The lowest BCUT2D eigenvalue weighted by molar-refractivity contribution is -0.139. The van der Waals surface area contributed by atoms with Gasteiger partial charge in [-0.25, -0.2) is 4.98 Å². The van der Waals surface area contributed by atoms with Crippen LogP contribution in [0.2, 0.25) is 0 Å². The van der Waals surface area contributed by atoms with Crippen LogP contribution in [0.4, 0.5) is 0 Å². The minimum Gasteiger partial charge on any atom is -0.481 e. The molecule has 1 N–H and O–H groups in total. The van der Waals surface area contributed by atoms with Crippen molar-refractivity contribution in [3.8, 4) is 0 Å². The zero-order valence-electron chi connectivity index (χ0n) is 8.90. The summed E-state index contributed by atoms with van der Waals surface area (Å²) < 4.78 is 5.38. The third kappa shape index (κ3) is 4.40. The number of rotatable bonds is 6. The van der Waals surface area contributed by atoms with Crippen molar-refractivity contribution in [2.24, 2.45) is 0 Å². The standard InChI is InChI=1S/C10H15NO3S/c1-7(5-10(12)13)14-4-3-9-8(2)11-6-15-9/h6-7H,3-5H2,1-2H3,(H,12,13). The van der Waals surface area contributed by atoms with E-state index in [1.807, 2.05) is 12.4 Å². The first-order chi connectivity index (χ1) is 7.09. The Morgan fingerprint density at radius 3 is 3.00 bits per heavy atom. The average molecular weight is 229 g/mol. The molecule has 1 aromatic rings. The van der Waals surface area contributed by atoms with E-state index in [9.17, 15) is 4.79 Å². The molecular formula is C10H15NO3S. The smallest absolute Gasteiger partial charge is 0.305 e. The number of aromatic nitrogens is 1. The lowest BCUT2D eigenvalue weighted by Crippen LogP contribution is -2.15. The number of hydrogen-bond donors (Lipinski definition) is 1. The second-order valence-corrected chi connectivity index (χ2v) is 4.33. The molecule has 0 aliphatic heterocycles. The van der Waals surface area contributed by atoms with Gasteiger partial charge in [-0.05, 0) is 13.8 Å². The van der Waals surface area contributed by atoms with Gasteiger partial charge in [0.15, 0.2) is 0 Å². The van der Waals surface area contributed by atoms with E-state index in [1.165, 1.54) is 4.88 Å². The Labute approximate surface area is 92.9 Å². The minimum atomic E-state index is -0.823. The van der Waals surface area contributed by atoms with E-state index in [4.69, 9.17) is 9.84 Å². The van der Waals surface area contributed by atoms with E-state index in [2.05, 4.69) is 4.98 Å². The molecule has 0 aliphatic carbocycles. The number of hydrogen-bond acceptors (Lipinski definition) is 4. The summed E-state index contributed by atoms with van der Waals surface area (Å²) >= 11 is 1.61. The fraction of sp³-hybridized carbons (Fsp3) is 0.600. The number of nitrogens with zero attached hydrogens (tertiary/aromatic N) is 1. The van der Waals surface area contributed by atoms with Crippen LogP contribution in [-0.2, 0) is 16.0 Å². The third-order valence-electron chi connectivity index (χ3n) is 2.04. The maximum Gasteiger partial charge on any atom is 0.305 e. The van der Waals surface area contributed by atoms with Crippen molar-refractivity contribution in [1.29, 1.82) is 0 Å². The Hall–Kier alpha value is -0.940. The molecule has 0 saturated carbocycles. The summed E-state index contributed by atoms with van der Waals surface area (Å²) in [6.07, 6.45) is 0.637. The molecule has 0 radical (unpaired) electrons. The highest BCUT2D eigenvalue weighted by Crippen LogP contribution is 2.13. The molecule has 1 atom stereocenters. The van der Waals surface area contributed by atoms with Crippen LogP contribution in [0.1, 0.15) is 23.9 Å². The van der Waals surface area contributed by atoms with Crippen LogP contribution < -0.4 is 0 Å². The third-order valence-corrected chi connectivity index (χ3v) is 3.03. The average Bonchev–Trinajstić information content (AvgIpc) is 2.50. The van der Waals surface area contributed by atoms with Crippen molar-refractivity contribution < 1.29 is 14.6 Å². The summed E-state index contributed by atoms with van der Waals surface area (Å²) in [5.74, 6) is -0.823. The molecule has 15 heavy (non-hydrogen) atoms. The van der Waals surface area contributed by atoms with Crippen molar-refractivity contribution in [1.82, 2.24) is 4.98 Å². The molecular weight excluding hydrogens is 214 g/mol. The largest absolute Gasteiger partial charge is 0.481 e. The first-order valence-corrected chi connectivity index (χ1v) is 5.70. The van der Waals surface area contributed by atoms with E-state index in [0.29, 0.717) is 6.61 Å². The summed E-state index contributed by atoms with van der Waals surface area (Å²) in [4.78, 5) is 15.7. The van der Waals surface area contributed by atoms with Gasteiger partial charge in [0.2, 0.25) is 0 Å². The molecule has 0 amide bonds. The number of aliphatic carboxylic acids is 1. The number of aryl methyl sites for hydroxylation is 1. The van der Waals surface area contributed by atoms with Crippen molar-refractivity contribution in [2.75, 3.05) is 6.61 Å². The molecule has 0 saturated heterocycles. The molecule has 0 aromatic carbocycles. The number of ether oxygens (including phenoxy) is 1. The van der Waals surface area contributed by atoms with E-state index in [1.54, 1.807) is 18.3 Å². The normalized spacial score (nSPS) is 12.7. The van der Waals surface area contributed by atoms with Gasteiger partial charge in [0.25, 0.3) is 0 Å². The zero-order chi connectivity index (χ0) is 11.3. The van der Waals surface area contributed by atoms with Gasteiger partial charge in [-0.2, -0.15) is 0 Å². The van der Waals surface area contributed by atoms with Gasteiger partial charge in [0, 0.05) is 11.3 Å². The van der Waals surface area contributed by atoms with Gasteiger partial charge >= 0.3 is 5.97 Å². The first-order valence-electron chi connectivity index (χ1n) is 4.82. The van der Waals surface area contributed by atoms with Crippen molar-refractivity contribution in [3.63, 3.8) is 0 Å². The van der Waals surface area contributed by atoms with Gasteiger partial charge in [0.05, 0.1) is 30.3 Å². The highest BCUT2D eigenvalue weighted by atomic mass is 32.1. The van der Waals surface area contributed by atoms with Crippen LogP contribution in [0, 0.1) is 6.92 Å². The lowest BCUT2D eigenvalue weighted by atomic mass is 10.3. The molecule has 1 aromatic heterocycles. The molecule has 84 valence electrons.